The SMILES string of the molecule is CC(C(=O)[O-])C1(O)CCCCC1c1ccccc1. The Morgan fingerprint density at radius 2 is 2.06 bits per heavy atom. The lowest BCUT2D eigenvalue weighted by molar-refractivity contribution is -0.317. The van der Waals surface area contributed by atoms with Gasteiger partial charge in [0.1, 0.15) is 0 Å². The van der Waals surface area contributed by atoms with Gasteiger partial charge in [-0.25, -0.2) is 0 Å². The molecule has 1 fully saturated rings. The van der Waals surface area contributed by atoms with E-state index < -0.39 is 17.5 Å². The fraction of sp³-hybridized carbons (Fsp3) is 0.533. The topological polar surface area (TPSA) is 60.4 Å². The third-order valence-electron chi connectivity index (χ3n) is 4.23. The molecule has 98 valence electrons. The number of aliphatic carboxylic acids is 1. The van der Waals surface area contributed by atoms with Crippen LogP contribution in [0.5, 0.6) is 0 Å². The molecule has 3 atom stereocenters. The normalized spacial score (nSPS) is 29.8. The van der Waals surface area contributed by atoms with Crippen molar-refractivity contribution in [2.45, 2.75) is 44.1 Å². The van der Waals surface area contributed by atoms with Gasteiger partial charge >= 0.3 is 0 Å². The molecule has 1 saturated carbocycles. The number of carboxylic acid groups (broad SMARTS) is 1. The second kappa shape index (κ2) is 5.11. The van der Waals surface area contributed by atoms with Crippen molar-refractivity contribution in [2.75, 3.05) is 0 Å². The van der Waals surface area contributed by atoms with Crippen molar-refractivity contribution >= 4 is 5.97 Å². The monoisotopic (exact) mass is 247 g/mol. The summed E-state index contributed by atoms with van der Waals surface area (Å²) in [6.45, 7) is 1.55. The second-order valence-corrected chi connectivity index (χ2v) is 5.24. The van der Waals surface area contributed by atoms with E-state index >= 15 is 0 Å². The van der Waals surface area contributed by atoms with E-state index in [-0.39, 0.29) is 5.92 Å². The Morgan fingerprint density at radius 1 is 1.39 bits per heavy atom. The predicted molar refractivity (Wildman–Crippen MR) is 66.8 cm³/mol. The molecular weight excluding hydrogens is 228 g/mol. The minimum Gasteiger partial charge on any atom is -0.550 e. The Kier molecular flexibility index (Phi) is 3.71. The zero-order chi connectivity index (χ0) is 13.2. The average molecular weight is 247 g/mol. The summed E-state index contributed by atoms with van der Waals surface area (Å²) in [6.07, 6.45) is 3.26. The van der Waals surface area contributed by atoms with Crippen LogP contribution in [0.1, 0.15) is 44.1 Å². The van der Waals surface area contributed by atoms with E-state index in [1.807, 2.05) is 30.3 Å². The number of benzene rings is 1. The number of carbonyl (C=O) groups is 1. The zero-order valence-electron chi connectivity index (χ0n) is 10.6. The first kappa shape index (κ1) is 13.1. The number of hydrogen-bond donors (Lipinski definition) is 1. The summed E-state index contributed by atoms with van der Waals surface area (Å²) in [7, 11) is 0. The number of carbonyl (C=O) groups excluding carboxylic acids is 1. The highest BCUT2D eigenvalue weighted by molar-refractivity contribution is 5.69. The third kappa shape index (κ3) is 2.27. The van der Waals surface area contributed by atoms with E-state index in [1.54, 1.807) is 6.92 Å². The molecule has 1 aromatic carbocycles. The van der Waals surface area contributed by atoms with Gasteiger partial charge in [0.15, 0.2) is 0 Å². The molecule has 0 radical (unpaired) electrons. The Morgan fingerprint density at radius 3 is 2.67 bits per heavy atom. The number of hydrogen-bond acceptors (Lipinski definition) is 3. The number of carboxylic acids is 1. The van der Waals surface area contributed by atoms with E-state index in [0.29, 0.717) is 6.42 Å². The van der Waals surface area contributed by atoms with Crippen LogP contribution < -0.4 is 5.11 Å². The first-order valence-corrected chi connectivity index (χ1v) is 6.54. The Bertz CT molecular complexity index is 415. The molecule has 0 aromatic heterocycles. The Hall–Kier alpha value is -1.35. The molecule has 18 heavy (non-hydrogen) atoms. The van der Waals surface area contributed by atoms with Gasteiger partial charge in [-0.05, 0) is 18.4 Å². The van der Waals surface area contributed by atoms with E-state index in [2.05, 4.69) is 0 Å². The maximum Gasteiger partial charge on any atom is 0.0793 e. The summed E-state index contributed by atoms with van der Waals surface area (Å²) in [6, 6.07) is 9.70. The van der Waals surface area contributed by atoms with Crippen molar-refractivity contribution in [3.05, 3.63) is 35.9 Å². The minimum atomic E-state index is -1.18. The molecule has 0 saturated heterocycles. The standard InChI is InChI=1S/C15H20O3/c1-11(14(16)17)15(18)10-6-5-9-13(15)12-7-3-2-4-8-12/h2-4,7-8,11,13,18H,5-6,9-10H2,1H3,(H,16,17)/p-1. The van der Waals surface area contributed by atoms with Crippen LogP contribution in [0, 0.1) is 5.92 Å². The molecule has 3 nitrogen and oxygen atoms in total. The van der Waals surface area contributed by atoms with Crippen LogP contribution in [-0.4, -0.2) is 16.7 Å². The largest absolute Gasteiger partial charge is 0.550 e. The number of aliphatic hydroxyl groups is 1. The fourth-order valence-electron chi connectivity index (χ4n) is 3.04. The summed E-state index contributed by atoms with van der Waals surface area (Å²) in [5, 5.41) is 21.9. The van der Waals surface area contributed by atoms with Crippen molar-refractivity contribution in [3.63, 3.8) is 0 Å². The zero-order valence-corrected chi connectivity index (χ0v) is 10.6. The van der Waals surface area contributed by atoms with Crippen LogP contribution in [0.15, 0.2) is 30.3 Å². The summed E-state index contributed by atoms with van der Waals surface area (Å²) in [5.41, 5.74) is -0.161. The molecule has 0 spiro atoms. The van der Waals surface area contributed by atoms with Crippen LogP contribution in [0.3, 0.4) is 0 Å². The van der Waals surface area contributed by atoms with Gasteiger partial charge in [-0.15, -0.1) is 0 Å². The molecular formula is C15H19O3-. The third-order valence-corrected chi connectivity index (χ3v) is 4.23. The predicted octanol–water partition coefficient (Wildman–Crippen LogP) is 1.46. The molecule has 0 aliphatic heterocycles. The van der Waals surface area contributed by atoms with Gasteiger partial charge in [0, 0.05) is 17.8 Å². The Balaban J connectivity index is 2.34. The molecule has 3 unspecified atom stereocenters. The molecule has 1 N–H and O–H groups in total. The van der Waals surface area contributed by atoms with E-state index in [1.165, 1.54) is 0 Å². The van der Waals surface area contributed by atoms with E-state index in [4.69, 9.17) is 0 Å². The van der Waals surface area contributed by atoms with Crippen molar-refractivity contribution < 1.29 is 15.0 Å². The fourth-order valence-corrected chi connectivity index (χ4v) is 3.04. The molecule has 1 aromatic rings. The van der Waals surface area contributed by atoms with E-state index in [9.17, 15) is 15.0 Å². The van der Waals surface area contributed by atoms with Gasteiger partial charge < -0.3 is 15.0 Å². The van der Waals surface area contributed by atoms with Crippen molar-refractivity contribution in [1.29, 1.82) is 0 Å². The maximum absolute atomic E-state index is 11.1. The highest BCUT2D eigenvalue weighted by atomic mass is 16.4. The summed E-state index contributed by atoms with van der Waals surface area (Å²) >= 11 is 0. The summed E-state index contributed by atoms with van der Waals surface area (Å²) in [5.74, 6) is -2.12. The smallest absolute Gasteiger partial charge is 0.0793 e. The highest BCUT2D eigenvalue weighted by Gasteiger charge is 2.44. The lowest BCUT2D eigenvalue weighted by Crippen LogP contribution is -2.51. The van der Waals surface area contributed by atoms with Gasteiger partial charge in [-0.3, -0.25) is 0 Å². The maximum atomic E-state index is 11.1. The molecule has 0 bridgehead atoms. The molecule has 1 aliphatic rings. The van der Waals surface area contributed by atoms with Crippen LogP contribution in [-0.2, 0) is 4.79 Å². The van der Waals surface area contributed by atoms with Gasteiger partial charge in [-0.1, -0.05) is 50.1 Å². The van der Waals surface area contributed by atoms with Crippen LogP contribution in [0.25, 0.3) is 0 Å². The lowest BCUT2D eigenvalue weighted by atomic mass is 9.66. The highest BCUT2D eigenvalue weighted by Crippen LogP contribution is 2.44. The van der Waals surface area contributed by atoms with Crippen LogP contribution >= 0.6 is 0 Å². The average Bonchev–Trinajstić information content (AvgIpc) is 2.39. The van der Waals surface area contributed by atoms with Gasteiger partial charge in [0.25, 0.3) is 0 Å². The van der Waals surface area contributed by atoms with E-state index in [0.717, 1.165) is 24.8 Å². The first-order chi connectivity index (χ1) is 8.55. The summed E-state index contributed by atoms with van der Waals surface area (Å²) < 4.78 is 0. The minimum absolute atomic E-state index is 0.111. The molecule has 0 amide bonds. The molecule has 3 heteroatoms. The van der Waals surface area contributed by atoms with Crippen LogP contribution in [0.2, 0.25) is 0 Å². The molecule has 0 heterocycles. The van der Waals surface area contributed by atoms with Crippen molar-refractivity contribution in [1.82, 2.24) is 0 Å². The van der Waals surface area contributed by atoms with Gasteiger partial charge in [0.2, 0.25) is 0 Å². The van der Waals surface area contributed by atoms with Crippen molar-refractivity contribution in [2.24, 2.45) is 5.92 Å². The molecule has 1 aliphatic carbocycles. The molecule has 2 rings (SSSR count). The van der Waals surface area contributed by atoms with Crippen LogP contribution in [0.4, 0.5) is 0 Å². The quantitative estimate of drug-likeness (QED) is 0.879. The van der Waals surface area contributed by atoms with Crippen molar-refractivity contribution in [3.8, 4) is 0 Å². The lowest BCUT2D eigenvalue weighted by Gasteiger charge is -2.44. The summed E-state index contributed by atoms with van der Waals surface area (Å²) in [4.78, 5) is 11.1. The van der Waals surface area contributed by atoms with Gasteiger partial charge in [-0.2, -0.15) is 0 Å². The van der Waals surface area contributed by atoms with Gasteiger partial charge in [0.05, 0.1) is 5.60 Å². The second-order valence-electron chi connectivity index (χ2n) is 5.24. The first-order valence-electron chi connectivity index (χ1n) is 6.54. The number of rotatable bonds is 3. The Labute approximate surface area is 107 Å².